The van der Waals surface area contributed by atoms with E-state index in [9.17, 15) is 9.59 Å². The average Bonchev–Trinajstić information content (AvgIpc) is 2.26. The largest absolute Gasteiger partial charge is 0.296 e. The highest BCUT2D eigenvalue weighted by molar-refractivity contribution is 5.98. The second-order valence-corrected chi connectivity index (χ2v) is 4.72. The summed E-state index contributed by atoms with van der Waals surface area (Å²) in [6.45, 7) is 4.33. The second-order valence-electron chi connectivity index (χ2n) is 4.72. The predicted molar refractivity (Wildman–Crippen MR) is 63.8 cm³/mol. The van der Waals surface area contributed by atoms with Gasteiger partial charge in [0.25, 0.3) is 0 Å². The molecule has 0 spiro atoms. The molecule has 1 saturated heterocycles. The maximum atomic E-state index is 11.7. The van der Waals surface area contributed by atoms with Crippen LogP contribution in [0.1, 0.15) is 58.8 Å². The van der Waals surface area contributed by atoms with E-state index in [1.165, 1.54) is 19.3 Å². The third-order valence-electron chi connectivity index (χ3n) is 3.55. The molecule has 1 fully saturated rings. The third kappa shape index (κ3) is 3.62. The van der Waals surface area contributed by atoms with Gasteiger partial charge in [0.15, 0.2) is 0 Å². The zero-order chi connectivity index (χ0) is 12.0. The van der Waals surface area contributed by atoms with Crippen molar-refractivity contribution in [2.24, 2.45) is 11.8 Å². The SMILES string of the molecule is CCCCCC(CC)C1CCC(=O)NC1=O. The summed E-state index contributed by atoms with van der Waals surface area (Å²) in [7, 11) is 0. The van der Waals surface area contributed by atoms with Gasteiger partial charge < -0.3 is 0 Å². The van der Waals surface area contributed by atoms with Crippen molar-refractivity contribution < 1.29 is 9.59 Å². The Bertz CT molecular complexity index is 250. The van der Waals surface area contributed by atoms with Gasteiger partial charge in [0, 0.05) is 12.3 Å². The first-order valence-corrected chi connectivity index (χ1v) is 6.52. The third-order valence-corrected chi connectivity index (χ3v) is 3.55. The zero-order valence-corrected chi connectivity index (χ0v) is 10.4. The van der Waals surface area contributed by atoms with E-state index >= 15 is 0 Å². The van der Waals surface area contributed by atoms with E-state index in [1.54, 1.807) is 0 Å². The summed E-state index contributed by atoms with van der Waals surface area (Å²) in [6.07, 6.45) is 7.07. The summed E-state index contributed by atoms with van der Waals surface area (Å²) in [5.41, 5.74) is 0. The number of rotatable bonds is 6. The van der Waals surface area contributed by atoms with Crippen molar-refractivity contribution in [3.05, 3.63) is 0 Å². The van der Waals surface area contributed by atoms with Gasteiger partial charge in [0.1, 0.15) is 0 Å². The highest BCUT2D eigenvalue weighted by atomic mass is 16.2. The van der Waals surface area contributed by atoms with Crippen molar-refractivity contribution in [2.75, 3.05) is 0 Å². The van der Waals surface area contributed by atoms with E-state index in [0.717, 1.165) is 19.3 Å². The van der Waals surface area contributed by atoms with Crippen LogP contribution in [0.25, 0.3) is 0 Å². The fraction of sp³-hybridized carbons (Fsp3) is 0.846. The lowest BCUT2D eigenvalue weighted by Gasteiger charge is -2.28. The molecule has 0 aromatic rings. The van der Waals surface area contributed by atoms with Crippen molar-refractivity contribution >= 4 is 11.8 Å². The van der Waals surface area contributed by atoms with Crippen LogP contribution in [-0.4, -0.2) is 11.8 Å². The topological polar surface area (TPSA) is 46.2 Å². The minimum Gasteiger partial charge on any atom is -0.296 e. The first-order chi connectivity index (χ1) is 7.69. The first kappa shape index (κ1) is 13.2. The summed E-state index contributed by atoms with van der Waals surface area (Å²) in [4.78, 5) is 22.8. The van der Waals surface area contributed by atoms with Gasteiger partial charge in [-0.25, -0.2) is 0 Å². The normalized spacial score (nSPS) is 23.0. The first-order valence-electron chi connectivity index (χ1n) is 6.52. The highest BCUT2D eigenvalue weighted by Gasteiger charge is 2.31. The highest BCUT2D eigenvalue weighted by Crippen LogP contribution is 2.28. The number of unbranched alkanes of at least 4 members (excludes halogenated alkanes) is 2. The molecule has 1 aliphatic heterocycles. The van der Waals surface area contributed by atoms with Crippen LogP contribution >= 0.6 is 0 Å². The number of carbonyl (C=O) groups is 2. The lowest BCUT2D eigenvalue weighted by atomic mass is 9.80. The van der Waals surface area contributed by atoms with Gasteiger partial charge in [0.05, 0.1) is 0 Å². The summed E-state index contributed by atoms with van der Waals surface area (Å²) in [5.74, 6) is 0.378. The molecule has 2 unspecified atom stereocenters. The molecule has 1 aliphatic rings. The van der Waals surface area contributed by atoms with Crippen LogP contribution in [0.4, 0.5) is 0 Å². The van der Waals surface area contributed by atoms with Crippen LogP contribution in [0.15, 0.2) is 0 Å². The number of hydrogen-bond acceptors (Lipinski definition) is 2. The van der Waals surface area contributed by atoms with Crippen molar-refractivity contribution in [1.29, 1.82) is 0 Å². The molecule has 0 bridgehead atoms. The Morgan fingerprint density at radius 2 is 2.06 bits per heavy atom. The summed E-state index contributed by atoms with van der Waals surface area (Å²) >= 11 is 0. The maximum absolute atomic E-state index is 11.7. The molecule has 1 N–H and O–H groups in total. The Morgan fingerprint density at radius 3 is 2.62 bits per heavy atom. The second kappa shape index (κ2) is 6.66. The Hall–Kier alpha value is -0.860. The molecule has 1 heterocycles. The fourth-order valence-corrected chi connectivity index (χ4v) is 2.51. The predicted octanol–water partition coefficient (Wildman–Crippen LogP) is 2.65. The van der Waals surface area contributed by atoms with Crippen LogP contribution in [0, 0.1) is 11.8 Å². The Balaban J connectivity index is 2.45. The Kier molecular flexibility index (Phi) is 5.50. The average molecular weight is 225 g/mol. The molecule has 3 nitrogen and oxygen atoms in total. The van der Waals surface area contributed by atoms with Crippen LogP contribution in [0.2, 0.25) is 0 Å². The number of hydrogen-bond donors (Lipinski definition) is 1. The molecule has 0 aliphatic carbocycles. The maximum Gasteiger partial charge on any atom is 0.229 e. The van der Waals surface area contributed by atoms with E-state index in [2.05, 4.69) is 19.2 Å². The molecule has 0 saturated carbocycles. The van der Waals surface area contributed by atoms with E-state index in [-0.39, 0.29) is 17.7 Å². The molecule has 0 radical (unpaired) electrons. The molecule has 2 amide bonds. The van der Waals surface area contributed by atoms with Gasteiger partial charge in [-0.15, -0.1) is 0 Å². The molecule has 0 aromatic heterocycles. The number of carbonyl (C=O) groups excluding carboxylic acids is 2. The fourth-order valence-electron chi connectivity index (χ4n) is 2.51. The quantitative estimate of drug-likeness (QED) is 0.558. The summed E-state index contributed by atoms with van der Waals surface area (Å²) in [6, 6.07) is 0. The van der Waals surface area contributed by atoms with Crippen LogP contribution in [0.5, 0.6) is 0 Å². The molecule has 92 valence electrons. The van der Waals surface area contributed by atoms with Gasteiger partial charge >= 0.3 is 0 Å². The number of piperidine rings is 1. The zero-order valence-electron chi connectivity index (χ0n) is 10.4. The molecule has 16 heavy (non-hydrogen) atoms. The minimum atomic E-state index is -0.107. The Morgan fingerprint density at radius 1 is 1.31 bits per heavy atom. The monoisotopic (exact) mass is 225 g/mol. The van der Waals surface area contributed by atoms with Crippen molar-refractivity contribution in [2.45, 2.75) is 58.8 Å². The van der Waals surface area contributed by atoms with E-state index in [4.69, 9.17) is 0 Å². The molecular formula is C13H23NO2. The number of nitrogens with one attached hydrogen (secondary N) is 1. The van der Waals surface area contributed by atoms with Gasteiger partial charge in [-0.1, -0.05) is 39.5 Å². The van der Waals surface area contributed by atoms with Gasteiger partial charge in [-0.05, 0) is 18.8 Å². The van der Waals surface area contributed by atoms with Crippen molar-refractivity contribution in [1.82, 2.24) is 5.32 Å². The van der Waals surface area contributed by atoms with Gasteiger partial charge in [-0.3, -0.25) is 14.9 Å². The van der Waals surface area contributed by atoms with Crippen molar-refractivity contribution in [3.63, 3.8) is 0 Å². The lowest BCUT2D eigenvalue weighted by Crippen LogP contribution is -2.43. The lowest BCUT2D eigenvalue weighted by molar-refractivity contribution is -0.137. The summed E-state index contributed by atoms with van der Waals surface area (Å²) < 4.78 is 0. The standard InChI is InChI=1S/C13H23NO2/c1-3-5-6-7-10(4-2)11-8-9-12(15)14-13(11)16/h10-11H,3-9H2,1-2H3,(H,14,15,16). The van der Waals surface area contributed by atoms with Gasteiger partial charge in [0.2, 0.25) is 11.8 Å². The molecule has 3 heteroatoms. The van der Waals surface area contributed by atoms with Crippen molar-refractivity contribution in [3.8, 4) is 0 Å². The van der Waals surface area contributed by atoms with E-state index in [0.29, 0.717) is 12.3 Å². The number of imide groups is 1. The summed E-state index contributed by atoms with van der Waals surface area (Å²) in [5, 5.41) is 2.46. The Labute approximate surface area is 98.0 Å². The van der Waals surface area contributed by atoms with Crippen LogP contribution in [0.3, 0.4) is 0 Å². The number of amides is 2. The van der Waals surface area contributed by atoms with E-state index < -0.39 is 0 Å². The van der Waals surface area contributed by atoms with Gasteiger partial charge in [-0.2, -0.15) is 0 Å². The smallest absolute Gasteiger partial charge is 0.229 e. The molecule has 0 aromatic carbocycles. The minimum absolute atomic E-state index is 0.0420. The molecule has 2 atom stereocenters. The molecule has 1 rings (SSSR count). The molecular weight excluding hydrogens is 202 g/mol. The van der Waals surface area contributed by atoms with E-state index in [1.807, 2.05) is 0 Å². The van der Waals surface area contributed by atoms with Crippen LogP contribution in [-0.2, 0) is 9.59 Å². The van der Waals surface area contributed by atoms with Crippen LogP contribution < -0.4 is 5.32 Å².